The molecular formula is C14H16ClF2N3. The van der Waals surface area contributed by atoms with Gasteiger partial charge in [-0.3, -0.25) is 0 Å². The standard InChI is InChI=1S/C14H16ClF2N3/c15-7-6-12-18-11-5-4-10(16)13(17)14(11)20(12)19-8-2-1-3-9-19/h4-5H,1-3,6-9H2. The Morgan fingerprint density at radius 1 is 1.15 bits per heavy atom. The lowest BCUT2D eigenvalue weighted by molar-refractivity contribution is 0.465. The summed E-state index contributed by atoms with van der Waals surface area (Å²) in [7, 11) is 0. The van der Waals surface area contributed by atoms with E-state index >= 15 is 0 Å². The van der Waals surface area contributed by atoms with E-state index < -0.39 is 11.6 Å². The van der Waals surface area contributed by atoms with Crippen LogP contribution in [0, 0.1) is 11.6 Å². The molecule has 2 aromatic rings. The molecule has 0 radical (unpaired) electrons. The van der Waals surface area contributed by atoms with Crippen molar-refractivity contribution in [2.45, 2.75) is 25.7 Å². The van der Waals surface area contributed by atoms with Crippen LogP contribution in [0.25, 0.3) is 11.0 Å². The topological polar surface area (TPSA) is 21.1 Å². The third-order valence-corrected chi connectivity index (χ3v) is 3.88. The van der Waals surface area contributed by atoms with Crippen LogP contribution in [0.2, 0.25) is 0 Å². The van der Waals surface area contributed by atoms with Crippen LogP contribution in [0.15, 0.2) is 12.1 Å². The van der Waals surface area contributed by atoms with Gasteiger partial charge in [-0.15, -0.1) is 11.6 Å². The van der Waals surface area contributed by atoms with Gasteiger partial charge in [0.25, 0.3) is 0 Å². The first-order valence-corrected chi connectivity index (χ1v) is 7.42. The fourth-order valence-electron chi connectivity index (χ4n) is 2.77. The highest BCUT2D eigenvalue weighted by molar-refractivity contribution is 6.17. The Morgan fingerprint density at radius 2 is 1.90 bits per heavy atom. The van der Waals surface area contributed by atoms with E-state index in [1.807, 2.05) is 5.01 Å². The second kappa shape index (κ2) is 5.56. The summed E-state index contributed by atoms with van der Waals surface area (Å²) in [6.45, 7) is 1.66. The molecule has 0 spiro atoms. The molecule has 2 heterocycles. The molecule has 0 saturated carbocycles. The van der Waals surface area contributed by atoms with Crippen LogP contribution in [0.1, 0.15) is 25.1 Å². The van der Waals surface area contributed by atoms with Gasteiger partial charge in [-0.25, -0.2) is 18.4 Å². The smallest absolute Gasteiger partial charge is 0.186 e. The minimum atomic E-state index is -0.840. The molecule has 0 atom stereocenters. The number of imidazole rings is 1. The van der Waals surface area contributed by atoms with E-state index in [9.17, 15) is 8.78 Å². The first-order chi connectivity index (χ1) is 9.72. The van der Waals surface area contributed by atoms with E-state index in [0.29, 0.717) is 23.6 Å². The zero-order valence-corrected chi connectivity index (χ0v) is 11.8. The Bertz CT molecular complexity index is 620. The van der Waals surface area contributed by atoms with Gasteiger partial charge in [0.05, 0.1) is 5.52 Å². The lowest BCUT2D eigenvalue weighted by Gasteiger charge is -2.31. The quantitative estimate of drug-likeness (QED) is 0.812. The van der Waals surface area contributed by atoms with E-state index in [1.165, 1.54) is 12.5 Å². The first-order valence-electron chi connectivity index (χ1n) is 6.89. The Morgan fingerprint density at radius 3 is 2.60 bits per heavy atom. The fraction of sp³-hybridized carbons (Fsp3) is 0.500. The number of benzene rings is 1. The third kappa shape index (κ3) is 2.24. The molecule has 1 saturated heterocycles. The summed E-state index contributed by atoms with van der Waals surface area (Å²) in [5, 5.41) is 2.04. The summed E-state index contributed by atoms with van der Waals surface area (Å²) >= 11 is 5.81. The number of aromatic nitrogens is 2. The maximum Gasteiger partial charge on any atom is 0.186 e. The molecule has 1 aliphatic heterocycles. The number of halogens is 3. The molecule has 6 heteroatoms. The number of nitrogens with zero attached hydrogens (tertiary/aromatic N) is 3. The van der Waals surface area contributed by atoms with E-state index in [-0.39, 0.29) is 5.52 Å². The normalized spacial score (nSPS) is 16.1. The van der Waals surface area contributed by atoms with E-state index in [0.717, 1.165) is 32.0 Å². The molecule has 20 heavy (non-hydrogen) atoms. The molecule has 1 aliphatic rings. The van der Waals surface area contributed by atoms with Gasteiger partial charge in [0, 0.05) is 25.4 Å². The van der Waals surface area contributed by atoms with E-state index in [1.54, 1.807) is 4.68 Å². The highest BCUT2D eigenvalue weighted by Crippen LogP contribution is 2.24. The Kier molecular flexibility index (Phi) is 3.78. The number of aryl methyl sites for hydroxylation is 1. The Labute approximate surface area is 121 Å². The van der Waals surface area contributed by atoms with Crippen molar-refractivity contribution in [3.05, 3.63) is 29.6 Å². The molecule has 108 valence electrons. The number of hydrogen-bond donors (Lipinski definition) is 0. The van der Waals surface area contributed by atoms with Gasteiger partial charge in [-0.05, 0) is 31.4 Å². The zero-order valence-electron chi connectivity index (χ0n) is 11.1. The number of piperidine rings is 1. The maximum absolute atomic E-state index is 14.2. The van der Waals surface area contributed by atoms with Gasteiger partial charge in [0.15, 0.2) is 11.6 Å². The van der Waals surface area contributed by atoms with Gasteiger partial charge in [-0.1, -0.05) is 0 Å². The van der Waals surface area contributed by atoms with Gasteiger partial charge in [0.1, 0.15) is 11.3 Å². The summed E-state index contributed by atoms with van der Waals surface area (Å²) in [5.74, 6) is -0.572. The van der Waals surface area contributed by atoms with Crippen molar-refractivity contribution in [3.8, 4) is 0 Å². The van der Waals surface area contributed by atoms with Crippen LogP contribution in [0.5, 0.6) is 0 Å². The lowest BCUT2D eigenvalue weighted by Crippen LogP contribution is -2.40. The van der Waals surface area contributed by atoms with Crippen molar-refractivity contribution < 1.29 is 8.78 Å². The average molecular weight is 300 g/mol. The molecule has 1 fully saturated rings. The number of alkyl halides is 1. The van der Waals surface area contributed by atoms with Crippen molar-refractivity contribution in [2.75, 3.05) is 24.0 Å². The second-order valence-corrected chi connectivity index (χ2v) is 5.40. The fourth-order valence-corrected chi connectivity index (χ4v) is 2.93. The largest absolute Gasteiger partial charge is 0.311 e. The van der Waals surface area contributed by atoms with Crippen LogP contribution in [0.4, 0.5) is 8.78 Å². The second-order valence-electron chi connectivity index (χ2n) is 5.02. The van der Waals surface area contributed by atoms with Crippen molar-refractivity contribution in [3.63, 3.8) is 0 Å². The van der Waals surface area contributed by atoms with Gasteiger partial charge in [0.2, 0.25) is 0 Å². The zero-order chi connectivity index (χ0) is 14.1. The Balaban J connectivity index is 2.18. The van der Waals surface area contributed by atoms with Crippen LogP contribution >= 0.6 is 11.6 Å². The van der Waals surface area contributed by atoms with Gasteiger partial charge >= 0.3 is 0 Å². The van der Waals surface area contributed by atoms with Crippen molar-refractivity contribution >= 4 is 22.6 Å². The molecular weight excluding hydrogens is 284 g/mol. The van der Waals surface area contributed by atoms with Crippen molar-refractivity contribution in [1.82, 2.24) is 9.66 Å². The highest BCUT2D eigenvalue weighted by Gasteiger charge is 2.22. The van der Waals surface area contributed by atoms with Gasteiger partial charge < -0.3 is 5.01 Å². The first kappa shape index (κ1) is 13.6. The van der Waals surface area contributed by atoms with Crippen molar-refractivity contribution in [1.29, 1.82) is 0 Å². The summed E-state index contributed by atoms with van der Waals surface area (Å²) in [5.41, 5.74) is 0.710. The minimum absolute atomic E-state index is 0.229. The maximum atomic E-state index is 14.2. The van der Waals surface area contributed by atoms with Gasteiger partial charge in [-0.2, -0.15) is 0 Å². The molecule has 0 amide bonds. The van der Waals surface area contributed by atoms with Crippen LogP contribution in [-0.4, -0.2) is 28.6 Å². The van der Waals surface area contributed by atoms with E-state index in [4.69, 9.17) is 11.6 Å². The SMILES string of the molecule is Fc1ccc2nc(CCCl)n(N3CCCCC3)c2c1F. The molecule has 1 aromatic carbocycles. The molecule has 1 aromatic heterocycles. The molecule has 0 bridgehead atoms. The van der Waals surface area contributed by atoms with E-state index in [2.05, 4.69) is 4.98 Å². The average Bonchev–Trinajstić information content (AvgIpc) is 2.83. The number of rotatable bonds is 3. The predicted octanol–water partition coefficient (Wildman–Crippen LogP) is 3.22. The molecule has 0 aliphatic carbocycles. The predicted molar refractivity (Wildman–Crippen MR) is 75.9 cm³/mol. The number of hydrogen-bond acceptors (Lipinski definition) is 2. The summed E-state index contributed by atoms with van der Waals surface area (Å²) < 4.78 is 29.4. The summed E-state index contributed by atoms with van der Waals surface area (Å²) in [4.78, 5) is 4.41. The molecule has 3 nitrogen and oxygen atoms in total. The lowest BCUT2D eigenvalue weighted by atomic mass is 10.2. The van der Waals surface area contributed by atoms with Crippen LogP contribution < -0.4 is 5.01 Å². The molecule has 0 unspecified atom stereocenters. The number of fused-ring (bicyclic) bond motifs is 1. The summed E-state index contributed by atoms with van der Waals surface area (Å²) in [6, 6.07) is 2.64. The van der Waals surface area contributed by atoms with Crippen molar-refractivity contribution in [2.24, 2.45) is 0 Å². The van der Waals surface area contributed by atoms with Crippen LogP contribution in [-0.2, 0) is 6.42 Å². The minimum Gasteiger partial charge on any atom is -0.311 e. The van der Waals surface area contributed by atoms with Crippen LogP contribution in [0.3, 0.4) is 0 Å². The highest BCUT2D eigenvalue weighted by atomic mass is 35.5. The Hall–Kier alpha value is -1.36. The molecule has 0 N–H and O–H groups in total. The monoisotopic (exact) mass is 299 g/mol. The third-order valence-electron chi connectivity index (χ3n) is 3.69. The summed E-state index contributed by atoms with van der Waals surface area (Å²) in [6.07, 6.45) is 3.81. The molecule has 3 rings (SSSR count).